The molecule has 2 heterocycles. The van der Waals surface area contributed by atoms with E-state index in [1.807, 2.05) is 27.7 Å². The second-order valence-electron chi connectivity index (χ2n) is 9.73. The Morgan fingerprint density at radius 2 is 1.89 bits per heavy atom. The molecule has 11 heteroatoms. The molecule has 0 aliphatic carbocycles. The molecule has 2 rings (SSSR count). The molecule has 2 aromatic heterocycles. The summed E-state index contributed by atoms with van der Waals surface area (Å²) in [4.78, 5) is 17.4. The van der Waals surface area contributed by atoms with Gasteiger partial charge < -0.3 is 5.32 Å². The minimum absolute atomic E-state index is 0.128. The van der Waals surface area contributed by atoms with Crippen LogP contribution >= 0.6 is 0 Å². The van der Waals surface area contributed by atoms with Crippen molar-refractivity contribution in [2.45, 2.75) is 79.4 Å². The number of pyridine rings is 1. The van der Waals surface area contributed by atoms with Crippen molar-refractivity contribution in [1.29, 1.82) is 0 Å². The number of halogens is 3. The van der Waals surface area contributed by atoms with E-state index in [9.17, 15) is 26.4 Å². The van der Waals surface area contributed by atoms with E-state index in [0.29, 0.717) is 49.3 Å². The second kappa shape index (κ2) is 12.9. The van der Waals surface area contributed by atoms with Gasteiger partial charge in [0.1, 0.15) is 9.84 Å². The summed E-state index contributed by atoms with van der Waals surface area (Å²) in [7, 11) is -3.02. The van der Waals surface area contributed by atoms with E-state index in [1.54, 1.807) is 16.9 Å². The van der Waals surface area contributed by atoms with Crippen molar-refractivity contribution in [3.05, 3.63) is 34.8 Å². The van der Waals surface area contributed by atoms with Gasteiger partial charge in [-0.05, 0) is 50.7 Å². The maximum absolute atomic E-state index is 13.1. The van der Waals surface area contributed by atoms with Crippen molar-refractivity contribution in [2.75, 3.05) is 18.6 Å². The number of hydrogen-bond donors (Lipinski definition) is 1. The first-order chi connectivity index (χ1) is 17.2. The van der Waals surface area contributed by atoms with Gasteiger partial charge in [-0.2, -0.15) is 18.3 Å². The molecular weight excluding hydrogens is 505 g/mol. The Bertz CT molecular complexity index is 1180. The highest BCUT2D eigenvalue weighted by atomic mass is 32.2. The van der Waals surface area contributed by atoms with Crippen LogP contribution in [0.4, 0.5) is 13.2 Å². The second-order valence-corrected chi connectivity index (χ2v) is 12.0. The lowest BCUT2D eigenvalue weighted by atomic mass is 9.97. The van der Waals surface area contributed by atoms with Gasteiger partial charge in [-0.1, -0.05) is 27.2 Å². The van der Waals surface area contributed by atoms with Gasteiger partial charge in [0, 0.05) is 54.5 Å². The highest BCUT2D eigenvalue weighted by molar-refractivity contribution is 7.90. The van der Waals surface area contributed by atoms with Gasteiger partial charge in [0.25, 0.3) is 5.91 Å². The largest absolute Gasteiger partial charge is 0.391 e. The Balaban J connectivity index is 2.25. The fourth-order valence-electron chi connectivity index (χ4n) is 4.34. The van der Waals surface area contributed by atoms with Crippen LogP contribution in [0.1, 0.15) is 74.3 Å². The van der Waals surface area contributed by atoms with Gasteiger partial charge in [0.05, 0.1) is 11.6 Å². The van der Waals surface area contributed by atoms with Gasteiger partial charge in [-0.15, -0.1) is 0 Å². The number of aromatic nitrogens is 3. The maximum Gasteiger partial charge on any atom is 0.391 e. The number of nitrogens with zero attached hydrogens (tertiary/aromatic N) is 3. The highest BCUT2D eigenvalue weighted by Gasteiger charge is 2.36. The lowest BCUT2D eigenvalue weighted by molar-refractivity contribution is -0.169. The summed E-state index contributed by atoms with van der Waals surface area (Å²) in [5, 5.41) is 7.47. The number of amides is 1. The third-order valence-electron chi connectivity index (χ3n) is 6.72. The van der Waals surface area contributed by atoms with Crippen molar-refractivity contribution in [1.82, 2.24) is 20.1 Å². The average molecular weight is 545 g/mol. The number of alkyl halides is 3. The first kappa shape index (κ1) is 30.8. The summed E-state index contributed by atoms with van der Waals surface area (Å²) in [6, 6.07) is 1.71. The zero-order valence-corrected chi connectivity index (χ0v) is 23.4. The van der Waals surface area contributed by atoms with E-state index in [0.717, 1.165) is 30.2 Å². The highest BCUT2D eigenvalue weighted by Crippen LogP contribution is 2.32. The minimum Gasteiger partial charge on any atom is -0.350 e. The van der Waals surface area contributed by atoms with Crippen LogP contribution in [0.3, 0.4) is 0 Å². The number of aryl methyl sites for hydroxylation is 2. The SMILES string of the molecule is CCc1cc(C[C@@H](C)C(F)(F)F)ncc1-c1c(C)c(C(=O)NC[C@H](CC)CCCS(C)(=O)=O)nn1CC. The number of rotatable bonds is 13. The van der Waals surface area contributed by atoms with Gasteiger partial charge in [0.15, 0.2) is 5.69 Å². The third kappa shape index (κ3) is 8.55. The zero-order valence-electron chi connectivity index (χ0n) is 22.6. The van der Waals surface area contributed by atoms with Crippen LogP contribution in [0.15, 0.2) is 12.3 Å². The van der Waals surface area contributed by atoms with Crippen molar-refractivity contribution in [2.24, 2.45) is 11.8 Å². The Labute approximate surface area is 218 Å². The molecule has 0 aliphatic rings. The van der Waals surface area contributed by atoms with E-state index in [4.69, 9.17) is 0 Å². The smallest absolute Gasteiger partial charge is 0.350 e. The van der Waals surface area contributed by atoms with Crippen molar-refractivity contribution in [3.8, 4) is 11.3 Å². The van der Waals surface area contributed by atoms with E-state index < -0.39 is 21.9 Å². The Morgan fingerprint density at radius 1 is 1.22 bits per heavy atom. The lowest BCUT2D eigenvalue weighted by Gasteiger charge is -2.17. The molecule has 0 radical (unpaired) electrons. The van der Waals surface area contributed by atoms with Gasteiger partial charge >= 0.3 is 6.18 Å². The van der Waals surface area contributed by atoms with Crippen LogP contribution < -0.4 is 5.32 Å². The third-order valence-corrected chi connectivity index (χ3v) is 7.75. The number of hydrogen-bond acceptors (Lipinski definition) is 5. The molecule has 37 heavy (non-hydrogen) atoms. The summed E-state index contributed by atoms with van der Waals surface area (Å²) in [6.45, 7) is 9.72. The fourth-order valence-corrected chi connectivity index (χ4v) is 5.03. The van der Waals surface area contributed by atoms with Crippen LogP contribution in [-0.2, 0) is 29.2 Å². The van der Waals surface area contributed by atoms with Crippen LogP contribution in [0.25, 0.3) is 11.3 Å². The van der Waals surface area contributed by atoms with Crippen LogP contribution in [0.5, 0.6) is 0 Å². The molecule has 7 nitrogen and oxygen atoms in total. The standard InChI is InChI=1S/C26H39F3N4O3S/c1-7-19(11-10-12-37(6,35)36)15-31-25(34)23-18(5)24(33(9-3)32-23)22-16-30-21(14-20(22)8-2)13-17(4)26(27,28)29/h14,16-17,19H,7-13,15H2,1-6H3,(H,31,34)/t17-,19-/m1/s1. The lowest BCUT2D eigenvalue weighted by Crippen LogP contribution is -2.30. The molecule has 208 valence electrons. The summed E-state index contributed by atoms with van der Waals surface area (Å²) in [5.74, 6) is -1.52. The first-order valence-corrected chi connectivity index (χ1v) is 14.9. The number of nitrogens with one attached hydrogen (secondary N) is 1. The average Bonchev–Trinajstić information content (AvgIpc) is 3.15. The summed E-state index contributed by atoms with van der Waals surface area (Å²) < 4.78 is 63.6. The van der Waals surface area contributed by atoms with Crippen molar-refractivity contribution < 1.29 is 26.4 Å². The first-order valence-electron chi connectivity index (χ1n) is 12.8. The van der Waals surface area contributed by atoms with E-state index in [2.05, 4.69) is 15.4 Å². The Kier molecular flexibility index (Phi) is 10.7. The summed E-state index contributed by atoms with van der Waals surface area (Å²) in [6.07, 6.45) is 0.972. The minimum atomic E-state index is -4.28. The summed E-state index contributed by atoms with van der Waals surface area (Å²) in [5.41, 5.74) is 3.68. The van der Waals surface area contributed by atoms with Crippen LogP contribution in [-0.4, -0.2) is 53.8 Å². The molecule has 0 aliphatic heterocycles. The Morgan fingerprint density at radius 3 is 2.43 bits per heavy atom. The topological polar surface area (TPSA) is 93.9 Å². The Hall–Kier alpha value is -2.43. The van der Waals surface area contributed by atoms with E-state index in [-0.39, 0.29) is 24.0 Å². The maximum atomic E-state index is 13.1. The summed E-state index contributed by atoms with van der Waals surface area (Å²) >= 11 is 0. The van der Waals surface area contributed by atoms with Gasteiger partial charge in [-0.3, -0.25) is 14.5 Å². The molecule has 0 bridgehead atoms. The molecule has 0 spiro atoms. The van der Waals surface area contributed by atoms with E-state index in [1.165, 1.54) is 6.26 Å². The molecule has 0 fully saturated rings. The van der Waals surface area contributed by atoms with Crippen LogP contribution in [0.2, 0.25) is 0 Å². The predicted molar refractivity (Wildman–Crippen MR) is 139 cm³/mol. The number of carbonyl (C=O) groups is 1. The zero-order chi connectivity index (χ0) is 28.0. The molecule has 0 unspecified atom stereocenters. The van der Waals surface area contributed by atoms with Crippen molar-refractivity contribution >= 4 is 15.7 Å². The quantitative estimate of drug-likeness (QED) is 0.376. The number of carbonyl (C=O) groups excluding carboxylic acids is 1. The fraction of sp³-hybridized carbons (Fsp3) is 0.654. The molecule has 0 saturated heterocycles. The number of sulfone groups is 1. The predicted octanol–water partition coefficient (Wildman–Crippen LogP) is 5.16. The monoisotopic (exact) mass is 544 g/mol. The van der Waals surface area contributed by atoms with Gasteiger partial charge in [-0.25, -0.2) is 8.42 Å². The molecule has 1 N–H and O–H groups in total. The van der Waals surface area contributed by atoms with Gasteiger partial charge in [0.2, 0.25) is 0 Å². The molecule has 0 aromatic carbocycles. The van der Waals surface area contributed by atoms with E-state index >= 15 is 0 Å². The van der Waals surface area contributed by atoms with Crippen molar-refractivity contribution in [3.63, 3.8) is 0 Å². The molecular formula is C26H39F3N4O3S. The van der Waals surface area contributed by atoms with Crippen LogP contribution in [0, 0.1) is 18.8 Å². The normalized spacial score (nSPS) is 14.0. The molecule has 1 amide bonds. The molecule has 2 atom stereocenters. The molecule has 2 aromatic rings. The molecule has 0 saturated carbocycles.